The van der Waals surface area contributed by atoms with Gasteiger partial charge in [-0.3, -0.25) is 4.79 Å². The molecular weight excluding hydrogens is 206 g/mol. The van der Waals surface area contributed by atoms with E-state index in [4.69, 9.17) is 10.5 Å². The number of hydrogen-bond donors (Lipinski definition) is 2. The van der Waals surface area contributed by atoms with Crippen LogP contribution in [-0.4, -0.2) is 57.2 Å². The van der Waals surface area contributed by atoms with E-state index in [1.165, 1.54) is 0 Å². The summed E-state index contributed by atoms with van der Waals surface area (Å²) in [6.45, 7) is 5.04. The molecule has 1 atom stereocenters. The van der Waals surface area contributed by atoms with E-state index in [0.717, 1.165) is 25.9 Å². The quantitative estimate of drug-likeness (QED) is 0.577. The van der Waals surface area contributed by atoms with Crippen LogP contribution in [0.25, 0.3) is 0 Å². The molecule has 0 radical (unpaired) electrons. The Morgan fingerprint density at radius 2 is 2.19 bits per heavy atom. The van der Waals surface area contributed by atoms with Crippen LogP contribution in [0.1, 0.15) is 19.8 Å². The first kappa shape index (κ1) is 15.3. The molecule has 0 saturated heterocycles. The standard InChI is InChI=1S/C11H25N3O2/c1-4-5-10(12)11(15)13-6-7-14(2)8-9-16-3/h10H,4-9,12H2,1-3H3,(H,13,15)/t10-/m0/s1. The highest BCUT2D eigenvalue weighted by Crippen LogP contribution is 1.92. The highest BCUT2D eigenvalue weighted by molar-refractivity contribution is 5.81. The third kappa shape index (κ3) is 7.62. The molecule has 3 N–H and O–H groups in total. The summed E-state index contributed by atoms with van der Waals surface area (Å²) in [6.07, 6.45) is 1.67. The van der Waals surface area contributed by atoms with Crippen LogP contribution in [0.15, 0.2) is 0 Å². The van der Waals surface area contributed by atoms with E-state index < -0.39 is 0 Å². The molecule has 0 spiro atoms. The van der Waals surface area contributed by atoms with E-state index >= 15 is 0 Å². The molecule has 0 fully saturated rings. The SMILES string of the molecule is CCC[C@H](N)C(=O)NCCN(C)CCOC. The molecule has 5 heteroatoms. The molecule has 0 aliphatic rings. The molecule has 0 unspecified atom stereocenters. The first-order valence-corrected chi connectivity index (χ1v) is 5.82. The summed E-state index contributed by atoms with van der Waals surface area (Å²) in [7, 11) is 3.68. The van der Waals surface area contributed by atoms with Gasteiger partial charge in [-0.2, -0.15) is 0 Å². The van der Waals surface area contributed by atoms with Crippen LogP contribution in [-0.2, 0) is 9.53 Å². The first-order chi connectivity index (χ1) is 7.61. The van der Waals surface area contributed by atoms with Gasteiger partial charge in [-0.05, 0) is 13.5 Å². The minimum atomic E-state index is -0.366. The summed E-state index contributed by atoms with van der Waals surface area (Å²) in [6, 6.07) is -0.366. The average molecular weight is 231 g/mol. The molecule has 0 saturated carbocycles. The number of ether oxygens (including phenoxy) is 1. The highest BCUT2D eigenvalue weighted by Gasteiger charge is 2.11. The topological polar surface area (TPSA) is 67.6 Å². The van der Waals surface area contributed by atoms with Gasteiger partial charge in [0.2, 0.25) is 5.91 Å². The number of carbonyl (C=O) groups excluding carboxylic acids is 1. The van der Waals surface area contributed by atoms with Crippen molar-refractivity contribution in [2.45, 2.75) is 25.8 Å². The predicted molar refractivity (Wildman–Crippen MR) is 65.3 cm³/mol. The second kappa shape index (κ2) is 9.57. The van der Waals surface area contributed by atoms with Crippen molar-refractivity contribution in [1.82, 2.24) is 10.2 Å². The zero-order chi connectivity index (χ0) is 12.4. The molecule has 16 heavy (non-hydrogen) atoms. The third-order valence-corrected chi connectivity index (χ3v) is 2.41. The van der Waals surface area contributed by atoms with Crippen LogP contribution >= 0.6 is 0 Å². The number of nitrogens with one attached hydrogen (secondary N) is 1. The van der Waals surface area contributed by atoms with Crippen molar-refractivity contribution in [3.8, 4) is 0 Å². The van der Waals surface area contributed by atoms with Crippen LogP contribution in [0, 0.1) is 0 Å². The minimum absolute atomic E-state index is 0.0537. The van der Waals surface area contributed by atoms with Crippen molar-refractivity contribution in [3.05, 3.63) is 0 Å². The molecule has 0 aliphatic carbocycles. The lowest BCUT2D eigenvalue weighted by atomic mass is 10.2. The lowest BCUT2D eigenvalue weighted by molar-refractivity contribution is -0.122. The van der Waals surface area contributed by atoms with Gasteiger partial charge in [-0.1, -0.05) is 13.3 Å². The van der Waals surface area contributed by atoms with E-state index in [1.807, 2.05) is 14.0 Å². The second-order valence-corrected chi connectivity index (χ2v) is 3.98. The van der Waals surface area contributed by atoms with Crippen molar-refractivity contribution >= 4 is 5.91 Å². The number of rotatable bonds is 9. The zero-order valence-corrected chi connectivity index (χ0v) is 10.7. The molecule has 0 heterocycles. The van der Waals surface area contributed by atoms with Gasteiger partial charge < -0.3 is 20.7 Å². The number of hydrogen-bond acceptors (Lipinski definition) is 4. The van der Waals surface area contributed by atoms with Crippen molar-refractivity contribution in [2.75, 3.05) is 40.4 Å². The van der Waals surface area contributed by atoms with Crippen molar-refractivity contribution in [2.24, 2.45) is 5.73 Å². The Hall–Kier alpha value is -0.650. The maximum absolute atomic E-state index is 11.4. The Kier molecular flexibility index (Phi) is 9.18. The molecule has 0 bridgehead atoms. The molecule has 0 aromatic heterocycles. The van der Waals surface area contributed by atoms with Crippen LogP contribution in [0.2, 0.25) is 0 Å². The number of amides is 1. The molecule has 96 valence electrons. The third-order valence-electron chi connectivity index (χ3n) is 2.41. The predicted octanol–water partition coefficient (Wildman–Crippen LogP) is -0.192. The maximum Gasteiger partial charge on any atom is 0.236 e. The summed E-state index contributed by atoms with van der Waals surface area (Å²) < 4.78 is 4.96. The zero-order valence-electron chi connectivity index (χ0n) is 10.7. The summed E-state index contributed by atoms with van der Waals surface area (Å²) in [4.78, 5) is 13.6. The lowest BCUT2D eigenvalue weighted by Gasteiger charge is -2.17. The smallest absolute Gasteiger partial charge is 0.236 e. The Morgan fingerprint density at radius 1 is 1.50 bits per heavy atom. The van der Waals surface area contributed by atoms with E-state index in [2.05, 4.69) is 10.2 Å². The van der Waals surface area contributed by atoms with Gasteiger partial charge in [-0.25, -0.2) is 0 Å². The second-order valence-electron chi connectivity index (χ2n) is 3.98. The number of nitrogens with two attached hydrogens (primary N) is 1. The summed E-state index contributed by atoms with van der Waals surface area (Å²) in [5.41, 5.74) is 5.68. The fourth-order valence-corrected chi connectivity index (χ4v) is 1.30. The van der Waals surface area contributed by atoms with E-state index in [9.17, 15) is 4.79 Å². The van der Waals surface area contributed by atoms with Crippen LogP contribution in [0.4, 0.5) is 0 Å². The van der Waals surface area contributed by atoms with Crippen molar-refractivity contribution < 1.29 is 9.53 Å². The van der Waals surface area contributed by atoms with Gasteiger partial charge in [0.1, 0.15) is 0 Å². The number of carbonyl (C=O) groups is 1. The molecule has 0 aliphatic heterocycles. The average Bonchev–Trinajstić information content (AvgIpc) is 2.26. The Morgan fingerprint density at radius 3 is 2.75 bits per heavy atom. The van der Waals surface area contributed by atoms with Crippen molar-refractivity contribution in [3.63, 3.8) is 0 Å². The van der Waals surface area contributed by atoms with Gasteiger partial charge >= 0.3 is 0 Å². The van der Waals surface area contributed by atoms with Gasteiger partial charge in [0.25, 0.3) is 0 Å². The summed E-state index contributed by atoms with van der Waals surface area (Å²) in [5.74, 6) is -0.0537. The Balaban J connectivity index is 3.53. The normalized spacial score (nSPS) is 12.8. The fraction of sp³-hybridized carbons (Fsp3) is 0.909. The van der Waals surface area contributed by atoms with E-state index in [-0.39, 0.29) is 11.9 Å². The van der Waals surface area contributed by atoms with E-state index in [0.29, 0.717) is 13.2 Å². The molecule has 0 aromatic rings. The van der Waals surface area contributed by atoms with Crippen LogP contribution in [0.3, 0.4) is 0 Å². The van der Waals surface area contributed by atoms with Gasteiger partial charge in [0, 0.05) is 26.7 Å². The largest absolute Gasteiger partial charge is 0.383 e. The van der Waals surface area contributed by atoms with Gasteiger partial charge in [-0.15, -0.1) is 0 Å². The van der Waals surface area contributed by atoms with E-state index in [1.54, 1.807) is 7.11 Å². The minimum Gasteiger partial charge on any atom is -0.383 e. The molecular formula is C11H25N3O2. The summed E-state index contributed by atoms with van der Waals surface area (Å²) >= 11 is 0. The first-order valence-electron chi connectivity index (χ1n) is 5.82. The van der Waals surface area contributed by atoms with Crippen LogP contribution in [0.5, 0.6) is 0 Å². The molecule has 0 aromatic carbocycles. The van der Waals surface area contributed by atoms with Gasteiger partial charge in [0.15, 0.2) is 0 Å². The van der Waals surface area contributed by atoms with Crippen molar-refractivity contribution in [1.29, 1.82) is 0 Å². The van der Waals surface area contributed by atoms with Gasteiger partial charge in [0.05, 0.1) is 12.6 Å². The number of nitrogens with zero attached hydrogens (tertiary/aromatic N) is 1. The Labute approximate surface area is 98.3 Å². The maximum atomic E-state index is 11.4. The number of likely N-dealkylation sites (N-methyl/N-ethyl adjacent to an activating group) is 1. The molecule has 1 amide bonds. The van der Waals surface area contributed by atoms with Crippen LogP contribution < -0.4 is 11.1 Å². The monoisotopic (exact) mass is 231 g/mol. The Bertz CT molecular complexity index is 188. The fourth-order valence-electron chi connectivity index (χ4n) is 1.30. The highest BCUT2D eigenvalue weighted by atomic mass is 16.5. The summed E-state index contributed by atoms with van der Waals surface area (Å²) in [5, 5.41) is 2.83. The molecule has 0 rings (SSSR count). The molecule has 5 nitrogen and oxygen atoms in total. The number of methoxy groups -OCH3 is 1. The lowest BCUT2D eigenvalue weighted by Crippen LogP contribution is -2.43.